The number of hydrogen-bond donors (Lipinski definition) is 1. The molecule has 2 bridgehead atoms. The molecule has 14 heteroatoms. The van der Waals surface area contributed by atoms with E-state index in [0.717, 1.165) is 47.9 Å². The highest BCUT2D eigenvalue weighted by Gasteiger charge is 2.50. The Morgan fingerprint density at radius 3 is 2.40 bits per heavy atom. The number of sulfonamides is 1. The standard InChI is InChI=1S/C36H40F3N3O7S/c1-47-29-11-10-23(20-6-3-2-4-7-20)33-26(29)14-28-30-24(8-5-9-25(30)35(44)42-21-16-48-18-22(42)19-49-17-21)31-27(15-41(28)33)32(31)34(43)40-50(45,46)13-12-36(37,38)39/h5,8,10-11,14,20-22,25,30H,2-4,6-7,9,12-13,15-19H2,1H3,(H,40,43)/t21?,22?,25-,30?/m1/s1. The smallest absolute Gasteiger partial charge is 0.390 e. The molecule has 2 atom stereocenters. The molecule has 3 aliphatic carbocycles. The fraction of sp³-hybridized carbons (Fsp3) is 0.556. The Kier molecular flexibility index (Phi) is 8.42. The van der Waals surface area contributed by atoms with E-state index in [9.17, 15) is 31.2 Å². The number of benzene rings is 1. The summed E-state index contributed by atoms with van der Waals surface area (Å²) in [6.45, 7) is 1.77. The highest BCUT2D eigenvalue weighted by molar-refractivity contribution is 7.90. The first-order valence-electron chi connectivity index (χ1n) is 17.4. The van der Waals surface area contributed by atoms with Crippen molar-refractivity contribution >= 4 is 32.7 Å². The predicted molar refractivity (Wildman–Crippen MR) is 177 cm³/mol. The molecule has 4 heterocycles. The Bertz CT molecular complexity index is 1940. The topological polar surface area (TPSA) is 116 Å². The predicted octanol–water partition coefficient (Wildman–Crippen LogP) is 5.00. The van der Waals surface area contributed by atoms with Crippen LogP contribution >= 0.6 is 0 Å². The summed E-state index contributed by atoms with van der Waals surface area (Å²) >= 11 is 0. The SMILES string of the molecule is COc1ccc(C2CCCCC2)c2c1cc1n2CC2=C(C(=O)NS(=O)(=O)CCC(F)(F)F)C2=C2C=CC[C@@H](C(=O)N3C4COCC3COC4)C21. The van der Waals surface area contributed by atoms with E-state index >= 15 is 0 Å². The van der Waals surface area contributed by atoms with Crippen LogP contribution in [0.5, 0.6) is 5.75 Å². The van der Waals surface area contributed by atoms with Gasteiger partial charge in [0, 0.05) is 23.5 Å². The lowest BCUT2D eigenvalue weighted by Crippen LogP contribution is -2.63. The molecular weight excluding hydrogens is 675 g/mol. The number of aromatic nitrogens is 1. The molecule has 3 fully saturated rings. The Morgan fingerprint density at radius 2 is 1.74 bits per heavy atom. The molecule has 1 aromatic heterocycles. The van der Waals surface area contributed by atoms with Gasteiger partial charge in [0.05, 0.1) is 74.8 Å². The summed E-state index contributed by atoms with van der Waals surface area (Å²) in [6.07, 6.45) is 3.54. The molecule has 6 aliphatic rings. The lowest BCUT2D eigenvalue weighted by Gasteiger charge is -2.47. The minimum atomic E-state index is -4.69. The number of halogens is 3. The number of rotatable bonds is 7. The summed E-state index contributed by atoms with van der Waals surface area (Å²) in [6, 6.07) is 5.79. The fourth-order valence-electron chi connectivity index (χ4n) is 8.95. The van der Waals surface area contributed by atoms with Crippen LogP contribution in [-0.4, -0.2) is 87.2 Å². The lowest BCUT2D eigenvalue weighted by molar-refractivity contribution is -0.172. The average molecular weight is 716 g/mol. The van der Waals surface area contributed by atoms with Gasteiger partial charge in [0.25, 0.3) is 5.91 Å². The minimum absolute atomic E-state index is 0.0276. The number of fused-ring (bicyclic) bond motifs is 8. The van der Waals surface area contributed by atoms with Crippen molar-refractivity contribution in [2.24, 2.45) is 5.92 Å². The third-order valence-corrected chi connectivity index (χ3v) is 12.5. The van der Waals surface area contributed by atoms with Gasteiger partial charge in [-0.1, -0.05) is 37.5 Å². The Balaban J connectivity index is 1.26. The maximum absolute atomic E-state index is 14.7. The van der Waals surface area contributed by atoms with E-state index in [1.165, 1.54) is 12.0 Å². The van der Waals surface area contributed by atoms with Crippen molar-refractivity contribution < 1.29 is 45.4 Å². The molecule has 0 radical (unpaired) electrons. The third-order valence-electron chi connectivity index (χ3n) is 11.2. The van der Waals surface area contributed by atoms with E-state index < -0.39 is 46.1 Å². The molecular formula is C36H40F3N3O7S. The van der Waals surface area contributed by atoms with Crippen LogP contribution in [0.25, 0.3) is 10.9 Å². The average Bonchev–Trinajstić information content (AvgIpc) is 3.72. The van der Waals surface area contributed by atoms with Gasteiger partial charge in [0.15, 0.2) is 0 Å². The first kappa shape index (κ1) is 33.5. The van der Waals surface area contributed by atoms with Crippen LogP contribution in [-0.2, 0) is 35.6 Å². The number of morpholine rings is 2. The van der Waals surface area contributed by atoms with Crippen LogP contribution < -0.4 is 9.46 Å². The van der Waals surface area contributed by atoms with Gasteiger partial charge in [-0.25, -0.2) is 13.1 Å². The van der Waals surface area contributed by atoms with Crippen molar-refractivity contribution in [3.8, 4) is 5.75 Å². The number of methoxy groups -OCH3 is 1. The molecule has 50 heavy (non-hydrogen) atoms. The summed E-state index contributed by atoms with van der Waals surface area (Å²) < 4.78 is 85.4. The largest absolute Gasteiger partial charge is 0.496 e. The van der Waals surface area contributed by atoms with E-state index in [1.807, 2.05) is 27.8 Å². The number of carbonyl (C=O) groups excluding carboxylic acids is 2. The van der Waals surface area contributed by atoms with E-state index in [2.05, 4.69) is 16.7 Å². The first-order chi connectivity index (χ1) is 24.0. The summed E-state index contributed by atoms with van der Waals surface area (Å²) in [5.74, 6) is -2.23. The summed E-state index contributed by atoms with van der Waals surface area (Å²) in [4.78, 5) is 30.3. The zero-order valence-corrected chi connectivity index (χ0v) is 28.6. The number of carbonyl (C=O) groups is 2. The van der Waals surface area contributed by atoms with Gasteiger partial charge in [0.2, 0.25) is 15.9 Å². The summed E-state index contributed by atoms with van der Waals surface area (Å²) in [5, 5.41) is 0.910. The summed E-state index contributed by atoms with van der Waals surface area (Å²) in [5.41, 5.74) is 5.16. The number of allylic oxidation sites excluding steroid dienone is 4. The molecule has 1 unspecified atom stereocenters. The number of ether oxygens (including phenoxy) is 3. The zero-order valence-electron chi connectivity index (χ0n) is 27.8. The van der Waals surface area contributed by atoms with Gasteiger partial charge in [-0.2, -0.15) is 13.2 Å². The maximum atomic E-state index is 14.7. The molecule has 10 nitrogen and oxygen atoms in total. The van der Waals surface area contributed by atoms with Gasteiger partial charge in [0.1, 0.15) is 5.75 Å². The van der Waals surface area contributed by atoms with E-state index in [-0.39, 0.29) is 30.1 Å². The highest BCUT2D eigenvalue weighted by Crippen LogP contribution is 2.55. The van der Waals surface area contributed by atoms with Crippen molar-refractivity contribution in [3.63, 3.8) is 0 Å². The zero-order chi connectivity index (χ0) is 34.9. The van der Waals surface area contributed by atoms with Crippen molar-refractivity contribution in [2.75, 3.05) is 39.3 Å². The highest BCUT2D eigenvalue weighted by atomic mass is 32.2. The second kappa shape index (κ2) is 12.6. The number of nitrogens with one attached hydrogen (secondary N) is 1. The second-order valence-electron chi connectivity index (χ2n) is 14.3. The number of amides is 2. The monoisotopic (exact) mass is 715 g/mol. The van der Waals surface area contributed by atoms with E-state index in [0.29, 0.717) is 55.7 Å². The number of alkyl halides is 3. The fourth-order valence-corrected chi connectivity index (χ4v) is 9.94. The van der Waals surface area contributed by atoms with Crippen molar-refractivity contribution in [1.29, 1.82) is 0 Å². The van der Waals surface area contributed by atoms with Crippen LogP contribution in [0.1, 0.15) is 68.0 Å². The van der Waals surface area contributed by atoms with Gasteiger partial charge in [-0.05, 0) is 59.6 Å². The van der Waals surface area contributed by atoms with Gasteiger partial charge in [-0.15, -0.1) is 0 Å². The molecule has 2 saturated heterocycles. The summed E-state index contributed by atoms with van der Waals surface area (Å²) in [7, 11) is -2.94. The molecule has 1 saturated carbocycles. The molecule has 2 amide bonds. The maximum Gasteiger partial charge on any atom is 0.390 e. The van der Waals surface area contributed by atoms with Crippen molar-refractivity contribution in [1.82, 2.24) is 14.2 Å². The molecule has 3 aliphatic heterocycles. The van der Waals surface area contributed by atoms with E-state index in [4.69, 9.17) is 14.2 Å². The number of nitrogens with zero attached hydrogens (tertiary/aromatic N) is 2. The van der Waals surface area contributed by atoms with Crippen molar-refractivity contribution in [2.45, 2.75) is 81.6 Å². The van der Waals surface area contributed by atoms with Crippen LogP contribution in [0.15, 0.2) is 52.6 Å². The van der Waals surface area contributed by atoms with Gasteiger partial charge in [-0.3, -0.25) is 9.59 Å². The van der Waals surface area contributed by atoms with Crippen LogP contribution in [0.2, 0.25) is 0 Å². The lowest BCUT2D eigenvalue weighted by atomic mass is 9.75. The van der Waals surface area contributed by atoms with Crippen LogP contribution in [0.3, 0.4) is 0 Å². The normalized spacial score (nSPS) is 26.7. The quantitative estimate of drug-likeness (QED) is 0.429. The van der Waals surface area contributed by atoms with Crippen LogP contribution in [0, 0.1) is 5.92 Å². The minimum Gasteiger partial charge on any atom is -0.496 e. The second-order valence-corrected chi connectivity index (χ2v) is 16.1. The molecule has 268 valence electrons. The first-order valence-corrected chi connectivity index (χ1v) is 19.0. The number of hydrogen-bond acceptors (Lipinski definition) is 7. The van der Waals surface area contributed by atoms with Crippen molar-refractivity contribution in [3.05, 3.63) is 63.9 Å². The Morgan fingerprint density at radius 1 is 1.04 bits per heavy atom. The molecule has 0 spiro atoms. The van der Waals surface area contributed by atoms with Gasteiger partial charge < -0.3 is 23.7 Å². The third kappa shape index (κ3) is 5.86. The molecule has 2 aromatic rings. The molecule has 1 aromatic carbocycles. The van der Waals surface area contributed by atoms with Gasteiger partial charge >= 0.3 is 6.18 Å². The van der Waals surface area contributed by atoms with Crippen LogP contribution in [0.4, 0.5) is 13.2 Å². The molecule has 8 rings (SSSR count). The Hall–Kier alpha value is -3.62. The Labute approximate surface area is 288 Å². The van der Waals surface area contributed by atoms with E-state index in [1.54, 1.807) is 7.11 Å². The molecule has 1 N–H and O–H groups in total.